The molecule has 0 heterocycles. The van der Waals surface area contributed by atoms with Crippen molar-refractivity contribution in [2.45, 2.75) is 65.1 Å². The molecule has 0 aliphatic rings. The van der Waals surface area contributed by atoms with Crippen LogP contribution in [0.1, 0.15) is 57.8 Å². The van der Waals surface area contributed by atoms with Crippen LogP contribution in [0.15, 0.2) is 24.3 Å². The van der Waals surface area contributed by atoms with Gasteiger partial charge in [-0.3, -0.25) is 0 Å². The highest BCUT2D eigenvalue weighted by Crippen LogP contribution is 2.28. The molecule has 0 saturated carbocycles. The summed E-state index contributed by atoms with van der Waals surface area (Å²) in [6.07, 6.45) is -0.539. The first-order valence-corrected chi connectivity index (χ1v) is 8.56. The summed E-state index contributed by atoms with van der Waals surface area (Å²) in [5, 5.41) is 10.7. The lowest BCUT2D eigenvalue weighted by Gasteiger charge is -2.30. The van der Waals surface area contributed by atoms with E-state index in [0.29, 0.717) is 5.75 Å². The molecule has 1 aromatic carbocycles. The molecule has 0 fully saturated rings. The van der Waals surface area contributed by atoms with Gasteiger partial charge in [0.05, 0.1) is 5.56 Å². The number of benzene rings is 1. The smallest absolute Gasteiger partial charge is 0.338 e. The van der Waals surface area contributed by atoms with Gasteiger partial charge in [-0.1, -0.05) is 27.7 Å². The third-order valence-corrected chi connectivity index (χ3v) is 4.42. The van der Waals surface area contributed by atoms with Crippen molar-refractivity contribution in [1.29, 1.82) is 0 Å². The first-order valence-electron chi connectivity index (χ1n) is 8.56. The summed E-state index contributed by atoms with van der Waals surface area (Å²) in [5.41, 5.74) is -0.326. The van der Waals surface area contributed by atoms with Gasteiger partial charge >= 0.3 is 11.9 Å². The number of carboxylic acid groups (broad SMARTS) is 1. The Kier molecular flexibility index (Phi) is 7.12. The Hall–Kier alpha value is -2.18. The summed E-state index contributed by atoms with van der Waals surface area (Å²) in [6.45, 7) is 8.63. The summed E-state index contributed by atoms with van der Waals surface area (Å²) >= 11 is 0. The molecule has 0 aliphatic heterocycles. The predicted octanol–water partition coefficient (Wildman–Crippen LogP) is 3.21. The van der Waals surface area contributed by atoms with E-state index in [1.807, 2.05) is 20.8 Å². The zero-order chi connectivity index (χ0) is 20.1. The number of rotatable bonds is 9. The molecule has 146 valence electrons. The molecule has 0 aliphatic carbocycles. The number of ether oxygens (including phenoxy) is 2. The molecule has 7 heteroatoms. The van der Waals surface area contributed by atoms with Crippen LogP contribution in [-0.2, 0) is 9.53 Å². The van der Waals surface area contributed by atoms with Gasteiger partial charge < -0.3 is 19.4 Å². The van der Waals surface area contributed by atoms with E-state index in [1.165, 1.54) is 26.0 Å². The lowest BCUT2D eigenvalue weighted by Crippen LogP contribution is -2.53. The Bertz CT molecular complexity index is 621. The molecule has 1 atom stereocenters. The number of hydrogen-bond donors (Lipinski definition) is 0. The van der Waals surface area contributed by atoms with Crippen LogP contribution in [0, 0.1) is 5.92 Å². The minimum Gasteiger partial charge on any atom is -0.544 e. The molecule has 0 spiro atoms. The Labute approximate surface area is 152 Å². The zero-order valence-corrected chi connectivity index (χ0v) is 15.7. The lowest BCUT2D eigenvalue weighted by molar-refractivity contribution is -0.337. The van der Waals surface area contributed by atoms with Crippen LogP contribution in [0.2, 0.25) is 0 Å². The van der Waals surface area contributed by atoms with Crippen LogP contribution in [0.4, 0.5) is 8.78 Å². The Morgan fingerprint density at radius 3 is 2.00 bits per heavy atom. The molecule has 0 radical (unpaired) electrons. The molecule has 0 bridgehead atoms. The van der Waals surface area contributed by atoms with Crippen LogP contribution in [0.25, 0.3) is 0 Å². The van der Waals surface area contributed by atoms with Crippen molar-refractivity contribution < 1.29 is 33.0 Å². The highest BCUT2D eigenvalue weighted by molar-refractivity contribution is 5.90. The van der Waals surface area contributed by atoms with Gasteiger partial charge in [0.1, 0.15) is 17.3 Å². The molecule has 0 amide bonds. The second kappa shape index (κ2) is 8.47. The molecule has 5 nitrogen and oxygen atoms in total. The predicted molar refractivity (Wildman–Crippen MR) is 90.1 cm³/mol. The quantitative estimate of drug-likeness (QED) is 0.623. The van der Waals surface area contributed by atoms with E-state index >= 15 is 0 Å². The van der Waals surface area contributed by atoms with Crippen molar-refractivity contribution in [3.63, 3.8) is 0 Å². The molecule has 1 aromatic rings. The van der Waals surface area contributed by atoms with Gasteiger partial charge in [0.15, 0.2) is 6.10 Å². The van der Waals surface area contributed by atoms with Crippen molar-refractivity contribution >= 4 is 11.9 Å². The number of aliphatic carboxylic acids is 1. The monoisotopic (exact) mass is 371 g/mol. The molecular formula is C19H25F2O5-. The van der Waals surface area contributed by atoms with E-state index in [0.717, 1.165) is 12.8 Å². The molecule has 26 heavy (non-hydrogen) atoms. The fourth-order valence-corrected chi connectivity index (χ4v) is 2.27. The summed E-state index contributed by atoms with van der Waals surface area (Å²) in [5.74, 6) is -8.27. The van der Waals surface area contributed by atoms with Crippen molar-refractivity contribution in [3.8, 4) is 5.75 Å². The average Bonchev–Trinajstić information content (AvgIpc) is 2.59. The summed E-state index contributed by atoms with van der Waals surface area (Å²) in [4.78, 5) is 22.8. The maximum absolute atomic E-state index is 13.7. The number of alkyl halides is 2. The average molecular weight is 371 g/mol. The van der Waals surface area contributed by atoms with Gasteiger partial charge in [0.25, 0.3) is 0 Å². The maximum atomic E-state index is 13.7. The van der Waals surface area contributed by atoms with Gasteiger partial charge in [-0.05, 0) is 49.9 Å². The fraction of sp³-hybridized carbons (Fsp3) is 0.579. The lowest BCUT2D eigenvalue weighted by atomic mass is 10.00. The molecule has 0 aromatic heterocycles. The van der Waals surface area contributed by atoms with Crippen molar-refractivity contribution in [2.24, 2.45) is 5.92 Å². The minimum absolute atomic E-state index is 0.0202. The van der Waals surface area contributed by atoms with E-state index in [1.54, 1.807) is 12.1 Å². The second-order valence-corrected chi connectivity index (χ2v) is 6.76. The third kappa shape index (κ3) is 5.16. The summed E-state index contributed by atoms with van der Waals surface area (Å²) < 4.78 is 38.1. The van der Waals surface area contributed by atoms with E-state index in [-0.39, 0.29) is 11.2 Å². The van der Waals surface area contributed by atoms with E-state index in [4.69, 9.17) is 9.47 Å². The zero-order valence-electron chi connectivity index (χ0n) is 15.7. The number of carboxylic acids is 1. The van der Waals surface area contributed by atoms with Crippen LogP contribution < -0.4 is 9.84 Å². The van der Waals surface area contributed by atoms with E-state index < -0.39 is 29.9 Å². The van der Waals surface area contributed by atoms with Crippen LogP contribution in [-0.4, -0.2) is 29.6 Å². The SMILES string of the molecule is CCC(C)(CC)Oc1ccc(C(=O)OC(C(C)C)C(F)(F)C(=O)[O-])cc1. The van der Waals surface area contributed by atoms with Gasteiger partial charge in [-0.25, -0.2) is 4.79 Å². The minimum atomic E-state index is -4.28. The molecule has 0 saturated heterocycles. The Morgan fingerprint density at radius 1 is 1.12 bits per heavy atom. The standard InChI is InChI=1S/C19H26F2O5/c1-6-18(5,7-2)26-14-10-8-13(9-11-14)16(22)25-15(12(3)4)19(20,21)17(23)24/h8-12,15H,6-7H2,1-5H3,(H,23,24)/p-1. The van der Waals surface area contributed by atoms with Gasteiger partial charge in [-0.2, -0.15) is 8.78 Å². The number of halogens is 2. The second-order valence-electron chi connectivity index (χ2n) is 6.76. The number of esters is 1. The number of carbonyl (C=O) groups is 2. The van der Waals surface area contributed by atoms with E-state index in [2.05, 4.69) is 0 Å². The largest absolute Gasteiger partial charge is 0.544 e. The summed E-state index contributed by atoms with van der Waals surface area (Å²) in [6, 6.07) is 5.86. The Morgan fingerprint density at radius 2 is 1.62 bits per heavy atom. The molecule has 1 rings (SSSR count). The first kappa shape index (κ1) is 21.9. The van der Waals surface area contributed by atoms with E-state index in [9.17, 15) is 23.5 Å². The molecule has 0 N–H and O–H groups in total. The van der Waals surface area contributed by atoms with Crippen molar-refractivity contribution in [1.82, 2.24) is 0 Å². The molecule has 1 unspecified atom stereocenters. The van der Waals surface area contributed by atoms with Crippen LogP contribution in [0.5, 0.6) is 5.75 Å². The highest BCUT2D eigenvalue weighted by atomic mass is 19.3. The van der Waals surface area contributed by atoms with Gasteiger partial charge in [-0.15, -0.1) is 0 Å². The number of carbonyl (C=O) groups excluding carboxylic acids is 2. The van der Waals surface area contributed by atoms with Crippen LogP contribution in [0.3, 0.4) is 0 Å². The maximum Gasteiger partial charge on any atom is 0.338 e. The topological polar surface area (TPSA) is 75.7 Å². The van der Waals surface area contributed by atoms with Gasteiger partial charge in [0.2, 0.25) is 0 Å². The van der Waals surface area contributed by atoms with Crippen molar-refractivity contribution in [2.75, 3.05) is 0 Å². The van der Waals surface area contributed by atoms with Gasteiger partial charge in [0, 0.05) is 0 Å². The van der Waals surface area contributed by atoms with Crippen molar-refractivity contribution in [3.05, 3.63) is 29.8 Å². The normalized spacial score (nSPS) is 13.4. The summed E-state index contributed by atoms with van der Waals surface area (Å²) in [7, 11) is 0. The Balaban J connectivity index is 2.92. The first-order chi connectivity index (χ1) is 12.0. The fourth-order valence-electron chi connectivity index (χ4n) is 2.27. The van der Waals surface area contributed by atoms with Crippen LogP contribution >= 0.6 is 0 Å². The highest BCUT2D eigenvalue weighted by Gasteiger charge is 2.46. The number of hydrogen-bond acceptors (Lipinski definition) is 5. The molecular weight excluding hydrogens is 346 g/mol. The third-order valence-electron chi connectivity index (χ3n) is 4.42.